The van der Waals surface area contributed by atoms with E-state index >= 15 is 0 Å². The number of sulfonamides is 1. The molecule has 1 aliphatic rings. The summed E-state index contributed by atoms with van der Waals surface area (Å²) in [5, 5.41) is -0.385. The Kier molecular flexibility index (Phi) is 5.37. The molecule has 2 rings (SSSR count). The van der Waals surface area contributed by atoms with Gasteiger partial charge in [0.25, 0.3) is 0 Å². The van der Waals surface area contributed by atoms with E-state index in [0.717, 1.165) is 18.7 Å². The van der Waals surface area contributed by atoms with E-state index in [1.54, 1.807) is 24.3 Å². The number of carbonyl (C=O) groups is 1. The minimum absolute atomic E-state index is 0.256. The van der Waals surface area contributed by atoms with E-state index in [0.29, 0.717) is 24.4 Å². The molecule has 116 valence electrons. The molecule has 21 heavy (non-hydrogen) atoms. The second-order valence-electron chi connectivity index (χ2n) is 5.21. The lowest BCUT2D eigenvalue weighted by molar-refractivity contribution is -0.111. The average Bonchev–Trinajstić information content (AvgIpc) is 2.46. The lowest BCUT2D eigenvalue weighted by Gasteiger charge is -2.31. The van der Waals surface area contributed by atoms with Crippen LogP contribution in [0.2, 0.25) is 0 Å². The maximum Gasteiger partial charge on any atom is 0.243 e. The number of hydrogen-bond acceptors (Lipinski definition) is 4. The van der Waals surface area contributed by atoms with Crippen molar-refractivity contribution in [1.82, 2.24) is 9.21 Å². The van der Waals surface area contributed by atoms with E-state index < -0.39 is 10.0 Å². The van der Waals surface area contributed by atoms with Crippen LogP contribution in [0.1, 0.15) is 12.0 Å². The molecule has 0 unspecified atom stereocenters. The zero-order valence-electron chi connectivity index (χ0n) is 12.0. The fourth-order valence-corrected chi connectivity index (χ4v) is 3.76. The normalized spacial score (nSPS) is 17.8. The molecule has 0 saturated carbocycles. The summed E-state index contributed by atoms with van der Waals surface area (Å²) in [7, 11) is -1.44. The monoisotopic (exact) mass is 330 g/mol. The summed E-state index contributed by atoms with van der Waals surface area (Å²) >= 11 is 5.30. The summed E-state index contributed by atoms with van der Waals surface area (Å²) in [5.41, 5.74) is 0.904. The van der Waals surface area contributed by atoms with Gasteiger partial charge in [-0.1, -0.05) is 12.1 Å². The molecule has 0 N–H and O–H groups in total. The van der Waals surface area contributed by atoms with E-state index in [-0.39, 0.29) is 11.7 Å². The molecule has 0 bridgehead atoms. The number of aryl methyl sites for hydroxylation is 1. The smallest absolute Gasteiger partial charge is 0.243 e. The van der Waals surface area contributed by atoms with Crippen LogP contribution in [0, 0.1) is 0 Å². The largest absolute Gasteiger partial charge is 0.304 e. The lowest BCUT2D eigenvalue weighted by atomic mass is 10.1. The lowest BCUT2D eigenvalue weighted by Crippen LogP contribution is -2.46. The standard InChI is InChI=1S/C14H19ClN2O3S/c1-16-8-10-17(11-9-16)21(19,20)13-5-2-12(3-6-13)4-7-14(15)18/h2-3,5-6H,4,7-11H2,1H3. The van der Waals surface area contributed by atoms with Gasteiger partial charge < -0.3 is 4.90 Å². The molecule has 1 fully saturated rings. The van der Waals surface area contributed by atoms with Crippen molar-refractivity contribution in [2.75, 3.05) is 33.2 Å². The summed E-state index contributed by atoms with van der Waals surface area (Å²) in [6, 6.07) is 6.68. The van der Waals surface area contributed by atoms with Crippen molar-refractivity contribution in [3.05, 3.63) is 29.8 Å². The molecule has 0 atom stereocenters. The number of nitrogens with zero attached hydrogens (tertiary/aromatic N) is 2. The minimum Gasteiger partial charge on any atom is -0.304 e. The number of rotatable bonds is 5. The number of piperazine rings is 1. The Balaban J connectivity index is 2.08. The molecule has 0 aliphatic carbocycles. The first-order chi connectivity index (χ1) is 9.89. The Morgan fingerprint density at radius 3 is 2.24 bits per heavy atom. The molecule has 1 saturated heterocycles. The maximum atomic E-state index is 12.5. The summed E-state index contributed by atoms with van der Waals surface area (Å²) in [6.45, 7) is 2.52. The summed E-state index contributed by atoms with van der Waals surface area (Å²) < 4.78 is 26.5. The van der Waals surface area contributed by atoms with Crippen LogP contribution < -0.4 is 0 Å². The first-order valence-corrected chi connectivity index (χ1v) is 8.67. The number of hydrogen-bond donors (Lipinski definition) is 0. The van der Waals surface area contributed by atoms with Crippen molar-refractivity contribution in [1.29, 1.82) is 0 Å². The van der Waals surface area contributed by atoms with Crippen LogP contribution in [0.25, 0.3) is 0 Å². The summed E-state index contributed by atoms with van der Waals surface area (Å²) in [4.78, 5) is 13.1. The second kappa shape index (κ2) is 6.87. The van der Waals surface area contributed by atoms with Crippen molar-refractivity contribution in [2.24, 2.45) is 0 Å². The van der Waals surface area contributed by atoms with Crippen molar-refractivity contribution in [3.8, 4) is 0 Å². The van der Waals surface area contributed by atoms with Crippen LogP contribution >= 0.6 is 11.6 Å². The van der Waals surface area contributed by atoms with Gasteiger partial charge in [-0.05, 0) is 42.8 Å². The molecule has 1 aromatic carbocycles. The van der Waals surface area contributed by atoms with Gasteiger partial charge in [0.05, 0.1) is 4.90 Å². The van der Waals surface area contributed by atoms with Crippen LogP contribution in [0.4, 0.5) is 0 Å². The number of carbonyl (C=O) groups excluding carboxylic acids is 1. The molecule has 7 heteroatoms. The van der Waals surface area contributed by atoms with Crippen LogP contribution in [-0.4, -0.2) is 56.1 Å². The van der Waals surface area contributed by atoms with Gasteiger partial charge in [-0.15, -0.1) is 0 Å². The third-order valence-electron chi connectivity index (χ3n) is 3.63. The Morgan fingerprint density at radius 2 is 1.71 bits per heavy atom. The number of benzene rings is 1. The predicted octanol–water partition coefficient (Wildman–Crippen LogP) is 1.32. The van der Waals surface area contributed by atoms with Crippen molar-refractivity contribution >= 4 is 26.9 Å². The topological polar surface area (TPSA) is 57.7 Å². The molecule has 0 radical (unpaired) electrons. The van der Waals surface area contributed by atoms with E-state index in [4.69, 9.17) is 11.6 Å². The molecular formula is C14H19ClN2O3S. The Labute approximate surface area is 130 Å². The molecule has 0 spiro atoms. The van der Waals surface area contributed by atoms with E-state index in [2.05, 4.69) is 4.90 Å². The van der Waals surface area contributed by atoms with Crippen LogP contribution in [0.3, 0.4) is 0 Å². The molecule has 1 aliphatic heterocycles. The van der Waals surface area contributed by atoms with Crippen molar-refractivity contribution in [3.63, 3.8) is 0 Å². The zero-order chi connectivity index (χ0) is 15.5. The van der Waals surface area contributed by atoms with Crippen molar-refractivity contribution in [2.45, 2.75) is 17.7 Å². The highest BCUT2D eigenvalue weighted by atomic mass is 35.5. The van der Waals surface area contributed by atoms with Crippen LogP contribution in [0.5, 0.6) is 0 Å². The minimum atomic E-state index is -3.42. The van der Waals surface area contributed by atoms with E-state index in [1.165, 1.54) is 4.31 Å². The van der Waals surface area contributed by atoms with Crippen LogP contribution in [-0.2, 0) is 21.2 Å². The van der Waals surface area contributed by atoms with Crippen LogP contribution in [0.15, 0.2) is 29.2 Å². The van der Waals surface area contributed by atoms with Gasteiger partial charge in [0.1, 0.15) is 0 Å². The van der Waals surface area contributed by atoms with Gasteiger partial charge in [0, 0.05) is 32.6 Å². The molecule has 0 amide bonds. The SMILES string of the molecule is CN1CCN(S(=O)(=O)c2ccc(CCC(=O)Cl)cc2)CC1. The quantitative estimate of drug-likeness (QED) is 0.764. The first-order valence-electron chi connectivity index (χ1n) is 6.85. The second-order valence-corrected chi connectivity index (χ2v) is 7.57. The average molecular weight is 331 g/mol. The Hall–Kier alpha value is -0.950. The molecule has 0 aromatic heterocycles. The van der Waals surface area contributed by atoms with Gasteiger partial charge in [-0.3, -0.25) is 4.79 Å². The predicted molar refractivity (Wildman–Crippen MR) is 81.9 cm³/mol. The number of likely N-dealkylation sites (N-methyl/N-ethyl adjacent to an activating group) is 1. The highest BCUT2D eigenvalue weighted by Crippen LogP contribution is 2.18. The maximum absolute atomic E-state index is 12.5. The highest BCUT2D eigenvalue weighted by molar-refractivity contribution is 7.89. The Bertz CT molecular complexity index is 593. The third-order valence-corrected chi connectivity index (χ3v) is 5.74. The van der Waals surface area contributed by atoms with Gasteiger partial charge in [-0.2, -0.15) is 4.31 Å². The fraction of sp³-hybridized carbons (Fsp3) is 0.500. The fourth-order valence-electron chi connectivity index (χ4n) is 2.25. The number of halogens is 1. The highest BCUT2D eigenvalue weighted by Gasteiger charge is 2.27. The summed E-state index contributed by atoms with van der Waals surface area (Å²) in [5.74, 6) is 0. The van der Waals surface area contributed by atoms with Gasteiger partial charge in [-0.25, -0.2) is 8.42 Å². The molecule has 5 nitrogen and oxygen atoms in total. The molecule has 1 heterocycles. The third kappa shape index (κ3) is 4.26. The van der Waals surface area contributed by atoms with Gasteiger partial charge >= 0.3 is 0 Å². The first kappa shape index (κ1) is 16.4. The van der Waals surface area contributed by atoms with E-state index in [1.807, 2.05) is 7.05 Å². The molecular weight excluding hydrogens is 312 g/mol. The molecule has 1 aromatic rings. The van der Waals surface area contributed by atoms with Gasteiger partial charge in [0.2, 0.25) is 15.3 Å². The summed E-state index contributed by atoms with van der Waals surface area (Å²) in [6.07, 6.45) is 0.781. The Morgan fingerprint density at radius 1 is 1.14 bits per heavy atom. The zero-order valence-corrected chi connectivity index (χ0v) is 13.5. The van der Waals surface area contributed by atoms with Gasteiger partial charge in [0.15, 0.2) is 0 Å². The van der Waals surface area contributed by atoms with E-state index in [9.17, 15) is 13.2 Å². The van der Waals surface area contributed by atoms with Crippen molar-refractivity contribution < 1.29 is 13.2 Å².